The Balaban J connectivity index is 1.37. The van der Waals surface area contributed by atoms with E-state index in [9.17, 15) is 38.7 Å². The van der Waals surface area contributed by atoms with Crippen molar-refractivity contribution in [3.63, 3.8) is 0 Å². The molecule has 11 amide bonds. The van der Waals surface area contributed by atoms with Gasteiger partial charge in [-0.05, 0) is 30.3 Å². The van der Waals surface area contributed by atoms with Gasteiger partial charge in [-0.2, -0.15) is 4.90 Å². The molecule has 2 unspecified atom stereocenters. The highest BCUT2D eigenvalue weighted by Crippen LogP contribution is 2.19. The molecule has 2 aromatic carbocycles. The van der Waals surface area contributed by atoms with Crippen LogP contribution in [0.5, 0.6) is 0 Å². The van der Waals surface area contributed by atoms with Gasteiger partial charge < -0.3 is 15.7 Å². The van der Waals surface area contributed by atoms with Crippen molar-refractivity contribution in [1.82, 2.24) is 20.4 Å². The number of carbonyl (C=O) groups excluding carboxylic acids is 7. The van der Waals surface area contributed by atoms with E-state index in [1.807, 2.05) is 10.6 Å². The number of aliphatic hydroxyl groups is 1. The van der Waals surface area contributed by atoms with E-state index in [1.165, 1.54) is 36.5 Å². The summed E-state index contributed by atoms with van der Waals surface area (Å²) in [5.41, 5.74) is 0.244. The van der Waals surface area contributed by atoms with Gasteiger partial charge in [0.2, 0.25) is 5.91 Å². The number of urea groups is 4. The fourth-order valence-corrected chi connectivity index (χ4v) is 3.86. The third-order valence-electron chi connectivity index (χ3n) is 5.94. The number of allylic oxidation sites excluding steroid dienone is 6. The molecule has 2 aliphatic heterocycles. The lowest BCUT2D eigenvalue weighted by Gasteiger charge is -2.34. The number of para-hydroxylation sites is 2. The van der Waals surface area contributed by atoms with Crippen LogP contribution in [0.2, 0.25) is 0 Å². The summed E-state index contributed by atoms with van der Waals surface area (Å²) in [5, 5.41) is 19.4. The number of nitrogens with one attached hydrogen (secondary N) is 4. The third kappa shape index (κ3) is 7.14. The van der Waals surface area contributed by atoms with Crippen molar-refractivity contribution in [2.75, 3.05) is 10.6 Å². The van der Waals surface area contributed by atoms with Crippen LogP contribution in [0.3, 0.4) is 0 Å². The molecule has 2 aliphatic rings. The van der Waals surface area contributed by atoms with Gasteiger partial charge in [0.25, 0.3) is 11.8 Å². The molecule has 2 saturated heterocycles. The molecule has 2 fully saturated rings. The highest BCUT2D eigenvalue weighted by molar-refractivity contribution is 6.34. The van der Waals surface area contributed by atoms with E-state index in [1.54, 1.807) is 60.7 Å². The topological polar surface area (TPSA) is 194 Å². The standard InChI is InChI=1S/C29H24N6O8/c36-22-20(24(38)34(28(42)32-22)26(40)30-18-12-6-4-7-13-18)16-10-2-1-3-11-17-21-23(37)33-29(43)35(25(21)39)27(41)31-19-14-8-5-9-15-19/h1-17,20,24,38H,(H,30,40)(H,31,41)(H,32,36,42)(H,33,37,43)/b2-1+,11-3+,16-10+,21-17+. The zero-order chi connectivity index (χ0) is 30.9. The van der Waals surface area contributed by atoms with Crippen molar-refractivity contribution in [2.45, 2.75) is 6.23 Å². The highest BCUT2D eigenvalue weighted by Gasteiger charge is 2.42. The van der Waals surface area contributed by atoms with Crippen LogP contribution >= 0.6 is 0 Å². The molecule has 0 radical (unpaired) electrons. The summed E-state index contributed by atoms with van der Waals surface area (Å²) >= 11 is 0. The maximum Gasteiger partial charge on any atom is 0.339 e. The van der Waals surface area contributed by atoms with Gasteiger partial charge >= 0.3 is 24.1 Å². The zero-order valence-corrected chi connectivity index (χ0v) is 22.2. The molecule has 0 aliphatic carbocycles. The van der Waals surface area contributed by atoms with Gasteiger partial charge in [-0.25, -0.2) is 24.1 Å². The predicted molar refractivity (Wildman–Crippen MR) is 152 cm³/mol. The Hall–Kier alpha value is -6.15. The van der Waals surface area contributed by atoms with Crippen LogP contribution in [0.25, 0.3) is 0 Å². The summed E-state index contributed by atoms with van der Waals surface area (Å²) in [6.07, 6.45) is 7.56. The van der Waals surface area contributed by atoms with E-state index in [0.29, 0.717) is 16.3 Å². The van der Waals surface area contributed by atoms with Crippen molar-refractivity contribution in [1.29, 1.82) is 0 Å². The molecule has 14 nitrogen and oxygen atoms in total. The minimum Gasteiger partial charge on any atom is -0.372 e. The number of hydrogen-bond acceptors (Lipinski definition) is 8. The number of benzene rings is 2. The Morgan fingerprint density at radius 1 is 0.721 bits per heavy atom. The summed E-state index contributed by atoms with van der Waals surface area (Å²) in [6.45, 7) is 0. The monoisotopic (exact) mass is 584 g/mol. The van der Waals surface area contributed by atoms with Crippen molar-refractivity contribution < 1.29 is 38.7 Å². The van der Waals surface area contributed by atoms with E-state index >= 15 is 0 Å². The first-order chi connectivity index (χ1) is 20.7. The molecule has 14 heteroatoms. The second-order valence-electron chi connectivity index (χ2n) is 8.83. The van der Waals surface area contributed by atoms with Crippen LogP contribution < -0.4 is 21.3 Å². The Bertz CT molecular complexity index is 1580. The zero-order valence-electron chi connectivity index (χ0n) is 22.2. The third-order valence-corrected chi connectivity index (χ3v) is 5.94. The van der Waals surface area contributed by atoms with Gasteiger partial charge in [0, 0.05) is 11.4 Å². The highest BCUT2D eigenvalue weighted by atomic mass is 16.3. The summed E-state index contributed by atoms with van der Waals surface area (Å²) in [6, 6.07) is 12.1. The molecule has 4 rings (SSSR count). The Morgan fingerprint density at radius 2 is 1.28 bits per heavy atom. The quantitative estimate of drug-likeness (QED) is 0.194. The number of hydrogen-bond donors (Lipinski definition) is 5. The Labute approximate surface area is 244 Å². The first kappa shape index (κ1) is 29.8. The lowest BCUT2D eigenvalue weighted by atomic mass is 10.0. The second kappa shape index (κ2) is 13.5. The Morgan fingerprint density at radius 3 is 1.91 bits per heavy atom. The first-order valence-corrected chi connectivity index (χ1v) is 12.6. The van der Waals surface area contributed by atoms with Gasteiger partial charge in [-0.1, -0.05) is 72.9 Å². The van der Waals surface area contributed by atoms with Gasteiger partial charge in [-0.15, -0.1) is 0 Å². The van der Waals surface area contributed by atoms with Crippen molar-refractivity contribution in [3.8, 4) is 0 Å². The van der Waals surface area contributed by atoms with E-state index in [0.717, 1.165) is 6.08 Å². The SMILES string of the molecule is O=C1NC(=O)N(C(=O)Nc2ccccc2)C(=O)/C1=C/C=C/C=C/C=C/C1C(=O)NC(=O)N(C(=O)Nc2ccccc2)C1O. The lowest BCUT2D eigenvalue weighted by molar-refractivity contribution is -0.131. The van der Waals surface area contributed by atoms with Gasteiger partial charge in [-0.3, -0.25) is 25.0 Å². The largest absolute Gasteiger partial charge is 0.372 e. The van der Waals surface area contributed by atoms with Crippen LogP contribution in [0.1, 0.15) is 0 Å². The summed E-state index contributed by atoms with van der Waals surface area (Å²) < 4.78 is 0. The number of barbiturate groups is 1. The van der Waals surface area contributed by atoms with Crippen molar-refractivity contribution in [2.24, 2.45) is 5.92 Å². The summed E-state index contributed by atoms with van der Waals surface area (Å²) in [7, 11) is 0. The fraction of sp³-hybridized carbons (Fsp3) is 0.0690. The Kier molecular flexibility index (Phi) is 9.34. The molecule has 218 valence electrons. The molecular formula is C29H24N6O8. The van der Waals surface area contributed by atoms with E-state index in [4.69, 9.17) is 0 Å². The number of amides is 11. The van der Waals surface area contributed by atoms with Crippen LogP contribution in [0.15, 0.2) is 109 Å². The van der Waals surface area contributed by atoms with Crippen LogP contribution in [0, 0.1) is 5.92 Å². The van der Waals surface area contributed by atoms with Gasteiger partial charge in [0.05, 0.1) is 0 Å². The molecule has 0 bridgehead atoms. The predicted octanol–water partition coefficient (Wildman–Crippen LogP) is 2.61. The average molecular weight is 585 g/mol. The van der Waals surface area contributed by atoms with Crippen molar-refractivity contribution >= 4 is 53.2 Å². The van der Waals surface area contributed by atoms with E-state index in [2.05, 4.69) is 10.6 Å². The molecule has 43 heavy (non-hydrogen) atoms. The normalized spacial score (nSPS) is 20.2. The van der Waals surface area contributed by atoms with Gasteiger partial charge in [0.1, 0.15) is 11.5 Å². The number of nitrogens with zero attached hydrogens (tertiary/aromatic N) is 2. The summed E-state index contributed by atoms with van der Waals surface area (Å²) in [5.74, 6) is -4.20. The lowest BCUT2D eigenvalue weighted by Crippen LogP contribution is -2.62. The number of carbonyl (C=O) groups is 7. The summed E-state index contributed by atoms with van der Waals surface area (Å²) in [4.78, 5) is 87.3. The van der Waals surface area contributed by atoms with Crippen LogP contribution in [-0.4, -0.2) is 63.0 Å². The smallest absolute Gasteiger partial charge is 0.339 e. The average Bonchev–Trinajstić information content (AvgIpc) is 2.96. The fourth-order valence-electron chi connectivity index (χ4n) is 3.86. The number of rotatable bonds is 6. The second-order valence-corrected chi connectivity index (χ2v) is 8.83. The molecule has 0 spiro atoms. The van der Waals surface area contributed by atoms with Crippen LogP contribution in [0.4, 0.5) is 30.6 Å². The number of anilines is 2. The van der Waals surface area contributed by atoms with Crippen LogP contribution in [-0.2, 0) is 14.4 Å². The molecule has 2 aromatic rings. The molecule has 5 N–H and O–H groups in total. The number of imide groups is 6. The van der Waals surface area contributed by atoms with Crippen molar-refractivity contribution in [3.05, 3.63) is 109 Å². The molecule has 0 saturated carbocycles. The molecular weight excluding hydrogens is 560 g/mol. The maximum atomic E-state index is 12.7. The minimum atomic E-state index is -1.78. The number of aliphatic hydroxyl groups excluding tert-OH is 1. The minimum absolute atomic E-state index is 0.265. The first-order valence-electron chi connectivity index (χ1n) is 12.6. The van der Waals surface area contributed by atoms with E-state index < -0.39 is 59.6 Å². The maximum absolute atomic E-state index is 12.7. The van der Waals surface area contributed by atoms with E-state index in [-0.39, 0.29) is 4.90 Å². The molecule has 0 aromatic heterocycles. The molecule has 2 heterocycles. The van der Waals surface area contributed by atoms with Gasteiger partial charge in [0.15, 0.2) is 6.23 Å². The molecule has 2 atom stereocenters.